The molecular weight excluding hydrogens is 201 g/mol. The zero-order valence-corrected chi connectivity index (χ0v) is 5.93. The van der Waals surface area contributed by atoms with Crippen molar-refractivity contribution in [3.8, 4) is 5.75 Å². The molecule has 1 N–H and O–H groups in total. The minimum absolute atomic E-state index is 0. The Morgan fingerprint density at radius 1 is 1.46 bits per heavy atom. The summed E-state index contributed by atoms with van der Waals surface area (Å²) in [6, 6.07) is 3.26. The molecule has 0 radical (unpaired) electrons. The second-order valence-electron chi connectivity index (χ2n) is 2.12. The van der Waals surface area contributed by atoms with E-state index < -0.39 is 4.92 Å². The number of aldehydes is 1. The van der Waals surface area contributed by atoms with Gasteiger partial charge in [0.15, 0.2) is 6.29 Å². The Balaban J connectivity index is 0.00000144. The maximum atomic E-state index is 10.2. The third kappa shape index (κ3) is 3.16. The molecule has 0 heterocycles. The predicted octanol–water partition coefficient (Wildman–Crippen LogP) is 0.464. The van der Waals surface area contributed by atoms with Crippen molar-refractivity contribution in [1.82, 2.24) is 0 Å². The molecule has 0 aliphatic carbocycles. The number of carbonyl (C=O) groups is 1. The standard InChI is InChI=1S/C7H5NO4.K.H/c9-4-5-3-6(8(11)12)1-2-7(5)10;;/h1-4,10H;;. The van der Waals surface area contributed by atoms with E-state index in [1.807, 2.05) is 0 Å². The van der Waals surface area contributed by atoms with Crippen molar-refractivity contribution in [3.63, 3.8) is 0 Å². The summed E-state index contributed by atoms with van der Waals surface area (Å²) in [7, 11) is 0. The zero-order chi connectivity index (χ0) is 9.14. The zero-order valence-electron chi connectivity index (χ0n) is 5.93. The van der Waals surface area contributed by atoms with Gasteiger partial charge in [-0.1, -0.05) is 0 Å². The molecule has 64 valence electrons. The van der Waals surface area contributed by atoms with Crippen molar-refractivity contribution < 1.29 is 14.8 Å². The molecule has 1 aromatic carbocycles. The van der Waals surface area contributed by atoms with Crippen LogP contribution < -0.4 is 0 Å². The van der Waals surface area contributed by atoms with Gasteiger partial charge in [0.05, 0.1) is 10.5 Å². The van der Waals surface area contributed by atoms with Crippen molar-refractivity contribution in [2.75, 3.05) is 0 Å². The van der Waals surface area contributed by atoms with Gasteiger partial charge >= 0.3 is 51.4 Å². The van der Waals surface area contributed by atoms with E-state index in [9.17, 15) is 14.9 Å². The summed E-state index contributed by atoms with van der Waals surface area (Å²) < 4.78 is 0. The number of carbonyl (C=O) groups excluding carboxylic acids is 1. The van der Waals surface area contributed by atoms with Crippen molar-refractivity contribution in [2.24, 2.45) is 0 Å². The normalized spacial score (nSPS) is 8.62. The van der Waals surface area contributed by atoms with Gasteiger partial charge in [0.25, 0.3) is 5.69 Å². The van der Waals surface area contributed by atoms with E-state index in [1.54, 1.807) is 0 Å². The summed E-state index contributed by atoms with van der Waals surface area (Å²) in [5.74, 6) is -0.254. The van der Waals surface area contributed by atoms with Crippen LogP contribution in [-0.2, 0) is 0 Å². The topological polar surface area (TPSA) is 80.4 Å². The van der Waals surface area contributed by atoms with Gasteiger partial charge in [0.1, 0.15) is 5.75 Å². The van der Waals surface area contributed by atoms with Crippen LogP contribution in [0.25, 0.3) is 0 Å². The Hall–Kier alpha value is -0.274. The third-order valence-corrected chi connectivity index (χ3v) is 1.35. The van der Waals surface area contributed by atoms with Crippen LogP contribution in [0.1, 0.15) is 10.4 Å². The van der Waals surface area contributed by atoms with Crippen LogP contribution in [0.5, 0.6) is 5.75 Å². The second-order valence-corrected chi connectivity index (χ2v) is 2.12. The Morgan fingerprint density at radius 3 is 2.54 bits per heavy atom. The molecule has 0 fully saturated rings. The van der Waals surface area contributed by atoms with Crippen LogP contribution >= 0.6 is 0 Å². The SMILES string of the molecule is O=Cc1cc([N+](=O)[O-])ccc1O.[KH]. The summed E-state index contributed by atoms with van der Waals surface area (Å²) in [5.41, 5.74) is -0.292. The van der Waals surface area contributed by atoms with E-state index in [-0.39, 0.29) is 68.4 Å². The van der Waals surface area contributed by atoms with Gasteiger partial charge in [-0.2, -0.15) is 0 Å². The molecular formula is C7H6KNO4. The quantitative estimate of drug-likeness (QED) is 0.331. The Bertz CT molecular complexity index is 339. The molecule has 0 atom stereocenters. The number of nitro benzene ring substituents is 1. The number of nitro groups is 1. The molecule has 0 spiro atoms. The average molecular weight is 207 g/mol. The fourth-order valence-corrected chi connectivity index (χ4v) is 0.750. The van der Waals surface area contributed by atoms with E-state index >= 15 is 0 Å². The molecule has 0 aliphatic rings. The molecule has 0 saturated carbocycles. The van der Waals surface area contributed by atoms with Crippen LogP contribution in [0.3, 0.4) is 0 Å². The summed E-state index contributed by atoms with van der Waals surface area (Å²) in [6.07, 6.45) is 0.363. The molecule has 0 aromatic heterocycles. The van der Waals surface area contributed by atoms with Crippen molar-refractivity contribution in [1.29, 1.82) is 0 Å². The molecule has 5 nitrogen and oxygen atoms in total. The summed E-state index contributed by atoms with van der Waals surface area (Å²) in [4.78, 5) is 19.8. The van der Waals surface area contributed by atoms with Crippen LogP contribution in [0.4, 0.5) is 5.69 Å². The van der Waals surface area contributed by atoms with Gasteiger partial charge in [0, 0.05) is 12.1 Å². The van der Waals surface area contributed by atoms with E-state index in [0.717, 1.165) is 18.2 Å². The van der Waals surface area contributed by atoms with Crippen molar-refractivity contribution in [2.45, 2.75) is 0 Å². The number of phenolic OH excluding ortho intramolecular Hbond substituents is 1. The molecule has 0 bridgehead atoms. The molecule has 0 aliphatic heterocycles. The molecule has 1 aromatic rings. The number of phenols is 1. The number of benzene rings is 1. The molecule has 6 heteroatoms. The molecule has 0 saturated heterocycles. The van der Waals surface area contributed by atoms with Crippen LogP contribution in [0.15, 0.2) is 18.2 Å². The molecule has 13 heavy (non-hydrogen) atoms. The van der Waals surface area contributed by atoms with Gasteiger partial charge in [-0.15, -0.1) is 0 Å². The Labute approximate surface area is 116 Å². The predicted molar refractivity (Wildman–Crippen MR) is 47.3 cm³/mol. The van der Waals surface area contributed by atoms with Crippen LogP contribution in [0.2, 0.25) is 0 Å². The third-order valence-electron chi connectivity index (χ3n) is 1.35. The molecule has 0 amide bonds. The minimum atomic E-state index is -0.633. The molecule has 0 unspecified atom stereocenters. The fraction of sp³-hybridized carbons (Fsp3) is 0. The van der Waals surface area contributed by atoms with E-state index in [1.165, 1.54) is 0 Å². The summed E-state index contributed by atoms with van der Waals surface area (Å²) >= 11 is 0. The average Bonchev–Trinajstić information content (AvgIpc) is 2.05. The van der Waals surface area contributed by atoms with Gasteiger partial charge in [-0.25, -0.2) is 0 Å². The first-order chi connectivity index (χ1) is 5.65. The Kier molecular flexibility index (Phi) is 5.34. The number of non-ortho nitro benzene ring substituents is 1. The van der Waals surface area contributed by atoms with Gasteiger partial charge in [0.2, 0.25) is 0 Å². The maximum absolute atomic E-state index is 10.2. The number of nitrogens with zero attached hydrogens (tertiary/aromatic N) is 1. The monoisotopic (exact) mass is 207 g/mol. The first-order valence-corrected chi connectivity index (χ1v) is 3.07. The van der Waals surface area contributed by atoms with Gasteiger partial charge in [-0.05, 0) is 6.07 Å². The summed E-state index contributed by atoms with van der Waals surface area (Å²) in [6.45, 7) is 0. The summed E-state index contributed by atoms with van der Waals surface area (Å²) in [5, 5.41) is 19.2. The number of aromatic hydroxyl groups is 1. The second kappa shape index (κ2) is 5.46. The number of hydrogen-bond acceptors (Lipinski definition) is 4. The number of hydrogen-bond donors (Lipinski definition) is 1. The first kappa shape index (κ1) is 12.7. The van der Waals surface area contributed by atoms with E-state index in [2.05, 4.69) is 0 Å². The van der Waals surface area contributed by atoms with E-state index in [4.69, 9.17) is 5.11 Å². The van der Waals surface area contributed by atoms with Gasteiger partial charge < -0.3 is 5.11 Å². The first-order valence-electron chi connectivity index (χ1n) is 3.07. The van der Waals surface area contributed by atoms with E-state index in [0.29, 0.717) is 6.29 Å². The Morgan fingerprint density at radius 2 is 2.08 bits per heavy atom. The van der Waals surface area contributed by atoms with Gasteiger partial charge in [-0.3, -0.25) is 14.9 Å². The molecule has 1 rings (SSSR count). The van der Waals surface area contributed by atoms with Crippen LogP contribution in [0, 0.1) is 10.1 Å². The van der Waals surface area contributed by atoms with Crippen molar-refractivity contribution in [3.05, 3.63) is 33.9 Å². The van der Waals surface area contributed by atoms with Crippen molar-refractivity contribution >= 4 is 63.4 Å². The fourth-order valence-electron chi connectivity index (χ4n) is 0.750. The number of rotatable bonds is 2. The van der Waals surface area contributed by atoms with Crippen LogP contribution in [-0.4, -0.2) is 67.7 Å².